The highest BCUT2D eigenvalue weighted by molar-refractivity contribution is 5.99. The third-order valence-electron chi connectivity index (χ3n) is 2.28. The number of Topliss-reactive ketones (excluding diaryl/α,β-unsaturated/α-hetero) is 1. The summed E-state index contributed by atoms with van der Waals surface area (Å²) in [5.74, 6) is -1.01. The van der Waals surface area contributed by atoms with Crippen LogP contribution in [0.25, 0.3) is 0 Å². The van der Waals surface area contributed by atoms with Crippen LogP contribution in [0.15, 0.2) is 35.9 Å². The van der Waals surface area contributed by atoms with Gasteiger partial charge >= 0.3 is 5.97 Å². The summed E-state index contributed by atoms with van der Waals surface area (Å²) in [4.78, 5) is 33.9. The molecule has 0 bridgehead atoms. The maximum absolute atomic E-state index is 11.8. The first-order valence-corrected chi connectivity index (χ1v) is 6.11. The second-order valence-electron chi connectivity index (χ2n) is 4.51. The number of carbonyl (C=O) groups excluding carboxylic acids is 3. The SMILES string of the molecule is CC(=O)Nc1ccc(C(=O)COC(=O)C=C(C)C)cc1. The normalized spacial score (nSPS) is 9.55. The van der Waals surface area contributed by atoms with Crippen LogP contribution in [0.4, 0.5) is 5.69 Å². The Morgan fingerprint density at radius 1 is 1.10 bits per heavy atom. The number of esters is 1. The number of ketones is 1. The topological polar surface area (TPSA) is 72.5 Å². The molecule has 0 aliphatic carbocycles. The third-order valence-corrected chi connectivity index (χ3v) is 2.28. The molecule has 1 amide bonds. The lowest BCUT2D eigenvalue weighted by atomic mass is 10.1. The molecule has 0 saturated heterocycles. The predicted octanol–water partition coefficient (Wildman–Crippen LogP) is 2.34. The standard InChI is InChI=1S/C15H17NO4/c1-10(2)8-15(19)20-9-14(18)12-4-6-13(7-5-12)16-11(3)17/h4-8H,9H2,1-3H3,(H,16,17). The van der Waals surface area contributed by atoms with Crippen molar-refractivity contribution in [2.45, 2.75) is 20.8 Å². The molecule has 20 heavy (non-hydrogen) atoms. The van der Waals surface area contributed by atoms with Gasteiger partial charge in [0.2, 0.25) is 5.91 Å². The summed E-state index contributed by atoms with van der Waals surface area (Å²) in [5.41, 5.74) is 1.83. The molecule has 5 heteroatoms. The molecule has 1 rings (SSSR count). The van der Waals surface area contributed by atoms with E-state index in [1.807, 2.05) is 0 Å². The van der Waals surface area contributed by atoms with Gasteiger partial charge in [0.05, 0.1) is 0 Å². The van der Waals surface area contributed by atoms with E-state index in [4.69, 9.17) is 4.74 Å². The van der Waals surface area contributed by atoms with Crippen LogP contribution in [0.3, 0.4) is 0 Å². The van der Waals surface area contributed by atoms with Crippen molar-refractivity contribution >= 4 is 23.3 Å². The van der Waals surface area contributed by atoms with Gasteiger partial charge in [-0.3, -0.25) is 9.59 Å². The zero-order valence-electron chi connectivity index (χ0n) is 11.7. The van der Waals surface area contributed by atoms with Crippen molar-refractivity contribution in [3.63, 3.8) is 0 Å². The lowest BCUT2D eigenvalue weighted by molar-refractivity contribution is -0.136. The molecule has 0 spiro atoms. The monoisotopic (exact) mass is 275 g/mol. The van der Waals surface area contributed by atoms with E-state index >= 15 is 0 Å². The lowest BCUT2D eigenvalue weighted by Crippen LogP contribution is -2.13. The molecule has 1 aromatic rings. The van der Waals surface area contributed by atoms with Crippen LogP contribution in [0, 0.1) is 0 Å². The first-order valence-electron chi connectivity index (χ1n) is 6.11. The average Bonchev–Trinajstić information content (AvgIpc) is 2.35. The number of benzene rings is 1. The molecule has 106 valence electrons. The molecule has 1 aromatic carbocycles. The number of anilines is 1. The van der Waals surface area contributed by atoms with Gasteiger partial charge in [0.1, 0.15) is 0 Å². The van der Waals surface area contributed by atoms with Gasteiger partial charge in [-0.1, -0.05) is 5.57 Å². The van der Waals surface area contributed by atoms with Gasteiger partial charge in [-0.05, 0) is 38.1 Å². The van der Waals surface area contributed by atoms with Crippen LogP contribution in [0.1, 0.15) is 31.1 Å². The fourth-order valence-corrected chi connectivity index (χ4v) is 1.44. The summed E-state index contributed by atoms with van der Waals surface area (Å²) in [5, 5.41) is 2.60. The van der Waals surface area contributed by atoms with Crippen molar-refractivity contribution in [1.29, 1.82) is 0 Å². The van der Waals surface area contributed by atoms with E-state index in [1.54, 1.807) is 38.1 Å². The number of nitrogens with one attached hydrogen (secondary N) is 1. The van der Waals surface area contributed by atoms with E-state index in [0.29, 0.717) is 11.3 Å². The molecule has 0 heterocycles. The average molecular weight is 275 g/mol. The van der Waals surface area contributed by atoms with Crippen LogP contribution in [0.5, 0.6) is 0 Å². The predicted molar refractivity (Wildman–Crippen MR) is 75.5 cm³/mol. The Morgan fingerprint density at radius 3 is 2.20 bits per heavy atom. The Morgan fingerprint density at radius 2 is 1.70 bits per heavy atom. The Labute approximate surface area is 117 Å². The Bertz CT molecular complexity index is 539. The van der Waals surface area contributed by atoms with Crippen molar-refractivity contribution in [3.05, 3.63) is 41.5 Å². The summed E-state index contributed by atoms with van der Waals surface area (Å²) in [6.45, 7) is 4.64. The molecule has 0 aliphatic rings. The van der Waals surface area contributed by atoms with Crippen molar-refractivity contribution in [3.8, 4) is 0 Å². The van der Waals surface area contributed by atoms with Crippen molar-refractivity contribution in [1.82, 2.24) is 0 Å². The highest BCUT2D eigenvalue weighted by Crippen LogP contribution is 2.10. The molecule has 5 nitrogen and oxygen atoms in total. The van der Waals surface area contributed by atoms with Crippen LogP contribution in [0.2, 0.25) is 0 Å². The molecule has 0 aliphatic heterocycles. The Kier molecular flexibility index (Phi) is 5.65. The van der Waals surface area contributed by atoms with Crippen molar-refractivity contribution < 1.29 is 19.1 Å². The highest BCUT2D eigenvalue weighted by atomic mass is 16.5. The van der Waals surface area contributed by atoms with Gasteiger partial charge in [-0.25, -0.2) is 4.79 Å². The van der Waals surface area contributed by atoms with Gasteiger partial charge in [0.15, 0.2) is 12.4 Å². The van der Waals surface area contributed by atoms with Crippen LogP contribution < -0.4 is 5.32 Å². The highest BCUT2D eigenvalue weighted by Gasteiger charge is 2.08. The van der Waals surface area contributed by atoms with Gasteiger partial charge in [0.25, 0.3) is 0 Å². The largest absolute Gasteiger partial charge is 0.454 e. The molecule has 0 aromatic heterocycles. The molecular formula is C15H17NO4. The Balaban J connectivity index is 2.58. The van der Waals surface area contributed by atoms with E-state index in [-0.39, 0.29) is 18.3 Å². The van der Waals surface area contributed by atoms with Crippen molar-refractivity contribution in [2.24, 2.45) is 0 Å². The van der Waals surface area contributed by atoms with E-state index in [9.17, 15) is 14.4 Å². The number of hydrogen-bond acceptors (Lipinski definition) is 4. The number of hydrogen-bond donors (Lipinski definition) is 1. The van der Waals surface area contributed by atoms with E-state index in [1.165, 1.54) is 13.0 Å². The summed E-state index contributed by atoms with van der Waals surface area (Å²) in [6.07, 6.45) is 1.33. The molecular weight excluding hydrogens is 258 g/mol. The second-order valence-corrected chi connectivity index (χ2v) is 4.51. The van der Waals surface area contributed by atoms with E-state index in [2.05, 4.69) is 5.32 Å². The summed E-state index contributed by atoms with van der Waals surface area (Å²) >= 11 is 0. The number of allylic oxidation sites excluding steroid dienone is 1. The fraction of sp³-hybridized carbons (Fsp3) is 0.267. The number of rotatable bonds is 5. The van der Waals surface area contributed by atoms with Crippen LogP contribution >= 0.6 is 0 Å². The minimum Gasteiger partial charge on any atom is -0.454 e. The minimum absolute atomic E-state index is 0.181. The Hall–Kier alpha value is -2.43. The molecule has 0 fully saturated rings. The molecule has 1 N–H and O–H groups in total. The van der Waals surface area contributed by atoms with Crippen LogP contribution in [-0.2, 0) is 14.3 Å². The zero-order chi connectivity index (χ0) is 15.1. The first kappa shape index (κ1) is 15.6. The third kappa shape index (κ3) is 5.48. The molecule has 0 radical (unpaired) electrons. The maximum Gasteiger partial charge on any atom is 0.331 e. The smallest absolute Gasteiger partial charge is 0.331 e. The van der Waals surface area contributed by atoms with E-state index < -0.39 is 5.97 Å². The van der Waals surface area contributed by atoms with Crippen molar-refractivity contribution in [2.75, 3.05) is 11.9 Å². The van der Waals surface area contributed by atoms with Gasteiger partial charge in [-0.2, -0.15) is 0 Å². The number of ether oxygens (including phenoxy) is 1. The summed E-state index contributed by atoms with van der Waals surface area (Å²) in [6, 6.07) is 6.38. The molecule has 0 atom stereocenters. The number of carbonyl (C=O) groups is 3. The number of amides is 1. The molecule has 0 saturated carbocycles. The van der Waals surface area contributed by atoms with Gasteiger partial charge in [-0.15, -0.1) is 0 Å². The summed E-state index contributed by atoms with van der Waals surface area (Å²) < 4.78 is 4.83. The zero-order valence-corrected chi connectivity index (χ0v) is 11.7. The minimum atomic E-state index is -0.534. The van der Waals surface area contributed by atoms with Crippen LogP contribution in [-0.4, -0.2) is 24.3 Å². The lowest BCUT2D eigenvalue weighted by Gasteiger charge is -2.04. The molecule has 0 unspecified atom stereocenters. The fourth-order valence-electron chi connectivity index (χ4n) is 1.44. The first-order chi connectivity index (χ1) is 9.38. The van der Waals surface area contributed by atoms with E-state index in [0.717, 1.165) is 5.57 Å². The van der Waals surface area contributed by atoms with Gasteiger partial charge < -0.3 is 10.1 Å². The van der Waals surface area contributed by atoms with Gasteiger partial charge in [0, 0.05) is 24.3 Å². The second kappa shape index (κ2) is 7.23. The maximum atomic E-state index is 11.8. The quantitative estimate of drug-likeness (QED) is 0.508. The summed E-state index contributed by atoms with van der Waals surface area (Å²) in [7, 11) is 0.